The number of hydrogen-bond donors (Lipinski definition) is 2. The van der Waals surface area contributed by atoms with Gasteiger partial charge in [0.15, 0.2) is 0 Å². The van der Waals surface area contributed by atoms with Crippen molar-refractivity contribution in [2.24, 2.45) is 5.92 Å². The summed E-state index contributed by atoms with van der Waals surface area (Å²) >= 11 is 7.98. The molecule has 2 N–H and O–H groups in total. The number of carbonyl (C=O) groups is 1. The molecule has 1 atom stereocenters. The van der Waals surface area contributed by atoms with Gasteiger partial charge < -0.3 is 24.8 Å². The number of anilines is 2. The molecule has 186 valence electrons. The summed E-state index contributed by atoms with van der Waals surface area (Å²) in [6.07, 6.45) is 2.36. The van der Waals surface area contributed by atoms with E-state index in [0.717, 1.165) is 35.1 Å². The highest BCUT2D eigenvalue weighted by Crippen LogP contribution is 2.34. The maximum Gasteiger partial charge on any atom is 0.407 e. The third-order valence-corrected chi connectivity index (χ3v) is 6.87. The Morgan fingerprint density at radius 3 is 2.92 bits per heavy atom. The minimum Gasteiger partial charge on any atom is -0.492 e. The van der Waals surface area contributed by atoms with Crippen LogP contribution in [0, 0.1) is 5.92 Å². The maximum absolute atomic E-state index is 11.3. The van der Waals surface area contributed by atoms with E-state index in [2.05, 4.69) is 20.3 Å². The van der Waals surface area contributed by atoms with Crippen LogP contribution in [0.4, 0.5) is 16.3 Å². The van der Waals surface area contributed by atoms with Crippen molar-refractivity contribution in [1.82, 2.24) is 19.9 Å². The van der Waals surface area contributed by atoms with Crippen molar-refractivity contribution in [3.8, 4) is 11.5 Å². The fourth-order valence-corrected chi connectivity index (χ4v) is 4.95. The predicted molar refractivity (Wildman–Crippen MR) is 139 cm³/mol. The minimum atomic E-state index is -0.886. The van der Waals surface area contributed by atoms with E-state index < -0.39 is 6.09 Å². The Bertz CT molecular complexity index is 1350. The number of likely N-dealkylation sites (tertiary alicyclic amines) is 1. The lowest BCUT2D eigenvalue weighted by Gasteiger charge is -2.30. The number of nitrogens with zero attached hydrogens (tertiary/aromatic N) is 4. The molecule has 0 aliphatic carbocycles. The minimum absolute atomic E-state index is 0.127. The van der Waals surface area contributed by atoms with Gasteiger partial charge in [-0.05, 0) is 43.2 Å². The normalized spacial score (nSPS) is 15.6. The second-order valence-electron chi connectivity index (χ2n) is 8.46. The molecule has 0 bridgehead atoms. The van der Waals surface area contributed by atoms with Crippen molar-refractivity contribution in [1.29, 1.82) is 0 Å². The SMILES string of the molecule is O=C(O)N1CCC[C@H](COc2cccc3ncnc(Nc4ccc(OCc5cscn5)c(Cl)c4)c23)C1. The predicted octanol–water partition coefficient (Wildman–Crippen LogP) is 5.83. The summed E-state index contributed by atoms with van der Waals surface area (Å²) in [5, 5.41) is 15.8. The molecule has 0 saturated carbocycles. The van der Waals surface area contributed by atoms with Gasteiger partial charge >= 0.3 is 6.09 Å². The first-order valence-corrected chi connectivity index (χ1v) is 12.8. The van der Waals surface area contributed by atoms with Gasteiger partial charge in [0, 0.05) is 30.1 Å². The van der Waals surface area contributed by atoms with E-state index in [1.165, 1.54) is 22.6 Å². The van der Waals surface area contributed by atoms with Crippen LogP contribution in [0.25, 0.3) is 10.9 Å². The lowest BCUT2D eigenvalue weighted by Crippen LogP contribution is -2.40. The molecule has 1 aliphatic heterocycles. The Morgan fingerprint density at radius 2 is 2.11 bits per heavy atom. The third-order valence-electron chi connectivity index (χ3n) is 5.94. The summed E-state index contributed by atoms with van der Waals surface area (Å²) in [7, 11) is 0. The molecule has 3 heterocycles. The molecule has 1 amide bonds. The number of carboxylic acid groups (broad SMARTS) is 1. The van der Waals surface area contributed by atoms with Gasteiger partial charge in [-0.25, -0.2) is 19.7 Å². The Balaban J connectivity index is 1.32. The highest BCUT2D eigenvalue weighted by Gasteiger charge is 2.24. The van der Waals surface area contributed by atoms with Crippen molar-refractivity contribution in [3.63, 3.8) is 0 Å². The zero-order valence-electron chi connectivity index (χ0n) is 19.3. The number of aromatic nitrogens is 3. The lowest BCUT2D eigenvalue weighted by molar-refractivity contribution is 0.105. The average molecular weight is 526 g/mol. The summed E-state index contributed by atoms with van der Waals surface area (Å²) in [5.41, 5.74) is 4.08. The van der Waals surface area contributed by atoms with Crippen LogP contribution in [0.3, 0.4) is 0 Å². The van der Waals surface area contributed by atoms with Gasteiger partial charge in [-0.2, -0.15) is 0 Å². The van der Waals surface area contributed by atoms with Crippen molar-refractivity contribution in [2.45, 2.75) is 19.4 Å². The van der Waals surface area contributed by atoms with Crippen molar-refractivity contribution in [2.75, 3.05) is 25.0 Å². The Labute approximate surface area is 216 Å². The number of amides is 1. The van der Waals surface area contributed by atoms with Crippen LogP contribution in [0.5, 0.6) is 11.5 Å². The van der Waals surface area contributed by atoms with Crippen LogP contribution in [0.15, 0.2) is 53.6 Å². The van der Waals surface area contributed by atoms with Crippen LogP contribution < -0.4 is 14.8 Å². The van der Waals surface area contributed by atoms with Gasteiger partial charge in [0.2, 0.25) is 0 Å². The monoisotopic (exact) mass is 525 g/mol. The molecule has 1 fully saturated rings. The van der Waals surface area contributed by atoms with Crippen LogP contribution in [0.2, 0.25) is 5.02 Å². The molecule has 11 heteroatoms. The Morgan fingerprint density at radius 1 is 1.19 bits per heavy atom. The number of nitrogens with one attached hydrogen (secondary N) is 1. The van der Waals surface area contributed by atoms with Crippen LogP contribution >= 0.6 is 22.9 Å². The molecule has 0 radical (unpaired) electrons. The number of hydrogen-bond acceptors (Lipinski definition) is 8. The number of rotatable bonds is 8. The number of thiazole rings is 1. The van der Waals surface area contributed by atoms with Crippen LogP contribution in [0.1, 0.15) is 18.5 Å². The fraction of sp³-hybridized carbons (Fsp3) is 0.280. The smallest absolute Gasteiger partial charge is 0.407 e. The van der Waals surface area contributed by atoms with E-state index >= 15 is 0 Å². The molecule has 9 nitrogen and oxygen atoms in total. The number of ether oxygens (including phenoxy) is 2. The van der Waals surface area contributed by atoms with E-state index in [0.29, 0.717) is 48.6 Å². The van der Waals surface area contributed by atoms with Gasteiger partial charge in [0.1, 0.15) is 30.3 Å². The second-order valence-corrected chi connectivity index (χ2v) is 9.58. The van der Waals surface area contributed by atoms with E-state index in [-0.39, 0.29) is 5.92 Å². The molecule has 5 rings (SSSR count). The highest BCUT2D eigenvalue weighted by atomic mass is 35.5. The topological polar surface area (TPSA) is 110 Å². The number of fused-ring (bicyclic) bond motifs is 1. The van der Waals surface area contributed by atoms with E-state index in [4.69, 9.17) is 21.1 Å². The van der Waals surface area contributed by atoms with Crippen molar-refractivity contribution in [3.05, 3.63) is 64.3 Å². The third kappa shape index (κ3) is 5.60. The van der Waals surface area contributed by atoms with Crippen molar-refractivity contribution < 1.29 is 19.4 Å². The quantitative estimate of drug-likeness (QED) is 0.295. The standard InChI is InChI=1S/C25H24ClN5O4S/c26-19-9-17(6-7-21(19)35-12-18-13-36-15-29-18)30-24-23-20(27-14-28-24)4-1-5-22(23)34-11-16-3-2-8-31(10-16)25(32)33/h1,4-7,9,13-16H,2-3,8,10-12H2,(H,32,33)(H,27,28,30)/t16-/m0/s1. The fourth-order valence-electron chi connectivity index (χ4n) is 4.17. The molecule has 0 unspecified atom stereocenters. The highest BCUT2D eigenvalue weighted by molar-refractivity contribution is 7.07. The summed E-state index contributed by atoms with van der Waals surface area (Å²) < 4.78 is 12.0. The summed E-state index contributed by atoms with van der Waals surface area (Å²) in [6, 6.07) is 11.1. The van der Waals surface area contributed by atoms with Gasteiger partial charge in [0.05, 0.1) is 33.7 Å². The first kappa shape index (κ1) is 24.1. The maximum atomic E-state index is 11.3. The van der Waals surface area contributed by atoms with E-state index in [1.807, 2.05) is 29.6 Å². The molecule has 0 spiro atoms. The average Bonchev–Trinajstić information content (AvgIpc) is 3.41. The molecule has 4 aromatic rings. The van der Waals surface area contributed by atoms with Gasteiger partial charge in [-0.3, -0.25) is 0 Å². The van der Waals surface area contributed by atoms with Crippen LogP contribution in [-0.4, -0.2) is 50.7 Å². The van der Waals surface area contributed by atoms with E-state index in [9.17, 15) is 9.90 Å². The summed E-state index contributed by atoms with van der Waals surface area (Å²) in [5.74, 6) is 1.91. The molecule has 2 aromatic carbocycles. The Hall–Kier alpha value is -3.63. The molecular weight excluding hydrogens is 502 g/mol. The van der Waals surface area contributed by atoms with Crippen molar-refractivity contribution >= 4 is 51.4 Å². The molecule has 36 heavy (non-hydrogen) atoms. The summed E-state index contributed by atoms with van der Waals surface area (Å²) in [4.78, 5) is 25.8. The number of piperidine rings is 1. The molecule has 1 saturated heterocycles. The lowest BCUT2D eigenvalue weighted by atomic mass is 9.99. The van der Waals surface area contributed by atoms with Gasteiger partial charge in [-0.1, -0.05) is 17.7 Å². The largest absolute Gasteiger partial charge is 0.492 e. The first-order chi connectivity index (χ1) is 17.6. The molecular formula is C25H24ClN5O4S. The zero-order valence-corrected chi connectivity index (χ0v) is 20.8. The van der Waals surface area contributed by atoms with Gasteiger partial charge in [0.25, 0.3) is 0 Å². The zero-order chi connectivity index (χ0) is 24.9. The summed E-state index contributed by atoms with van der Waals surface area (Å²) in [6.45, 7) is 1.79. The number of benzene rings is 2. The van der Waals surface area contributed by atoms with Gasteiger partial charge in [-0.15, -0.1) is 11.3 Å². The number of halogens is 1. The first-order valence-electron chi connectivity index (χ1n) is 11.5. The molecule has 1 aliphatic rings. The molecule has 2 aromatic heterocycles. The van der Waals surface area contributed by atoms with Crippen LogP contribution in [-0.2, 0) is 6.61 Å². The second kappa shape index (κ2) is 11.0. The Kier molecular flexibility index (Phi) is 7.33. The van der Waals surface area contributed by atoms with E-state index in [1.54, 1.807) is 17.6 Å².